The Labute approximate surface area is 126 Å². The lowest BCUT2D eigenvalue weighted by atomic mass is 10.1. The summed E-state index contributed by atoms with van der Waals surface area (Å²) in [6.07, 6.45) is 5.53. The lowest BCUT2D eigenvalue weighted by Gasteiger charge is -2.10. The highest BCUT2D eigenvalue weighted by molar-refractivity contribution is 5.91. The zero-order valence-corrected chi connectivity index (χ0v) is 12.7. The molecule has 21 heavy (non-hydrogen) atoms. The molecule has 0 aliphatic heterocycles. The molecule has 1 fully saturated rings. The van der Waals surface area contributed by atoms with Crippen molar-refractivity contribution < 1.29 is 9.59 Å². The number of carbonyl (C=O) groups excluding carboxylic acids is 2. The topological polar surface area (TPSA) is 58.2 Å². The van der Waals surface area contributed by atoms with E-state index in [1.165, 1.54) is 5.56 Å². The molecule has 0 radical (unpaired) electrons. The monoisotopic (exact) mass is 288 g/mol. The molecule has 1 aromatic rings. The summed E-state index contributed by atoms with van der Waals surface area (Å²) in [7, 11) is 0. The second-order valence-electron chi connectivity index (χ2n) is 5.62. The van der Waals surface area contributed by atoms with E-state index in [9.17, 15) is 9.59 Å². The van der Waals surface area contributed by atoms with E-state index in [1.54, 1.807) is 0 Å². The molecule has 1 aliphatic carbocycles. The van der Waals surface area contributed by atoms with Gasteiger partial charge in [-0.15, -0.1) is 0 Å². The number of hydrogen-bond acceptors (Lipinski definition) is 2. The van der Waals surface area contributed by atoms with Crippen LogP contribution in [0.25, 0.3) is 0 Å². The number of nitrogens with one attached hydrogen (secondary N) is 2. The van der Waals surface area contributed by atoms with Gasteiger partial charge in [0.25, 0.3) is 0 Å². The van der Waals surface area contributed by atoms with Crippen LogP contribution in [-0.2, 0) is 16.0 Å². The fourth-order valence-electron chi connectivity index (χ4n) is 2.72. The van der Waals surface area contributed by atoms with Gasteiger partial charge in [-0.2, -0.15) is 0 Å². The normalized spacial score (nSPS) is 14.9. The van der Waals surface area contributed by atoms with Crippen LogP contribution < -0.4 is 10.6 Å². The maximum atomic E-state index is 11.9. The molecule has 4 nitrogen and oxygen atoms in total. The molecule has 2 amide bonds. The first kappa shape index (κ1) is 15.5. The third-order valence-electron chi connectivity index (χ3n) is 4.00. The highest BCUT2D eigenvalue weighted by Gasteiger charge is 2.22. The van der Waals surface area contributed by atoms with Crippen molar-refractivity contribution >= 4 is 17.5 Å². The van der Waals surface area contributed by atoms with Crippen LogP contribution in [0.1, 0.15) is 44.6 Å². The third-order valence-corrected chi connectivity index (χ3v) is 4.00. The highest BCUT2D eigenvalue weighted by atomic mass is 16.2. The van der Waals surface area contributed by atoms with Crippen LogP contribution in [0.3, 0.4) is 0 Å². The summed E-state index contributed by atoms with van der Waals surface area (Å²) >= 11 is 0. The molecule has 0 spiro atoms. The minimum atomic E-state index is -0.0602. The summed E-state index contributed by atoms with van der Waals surface area (Å²) in [6, 6.07) is 7.84. The van der Waals surface area contributed by atoms with Crippen LogP contribution in [0, 0.1) is 5.92 Å². The standard InChI is InChI=1S/C17H24N2O2/c1-2-13-6-5-9-15(12-13)19-16(20)10-11-18-17(21)14-7-3-4-8-14/h5-6,9,12,14H,2-4,7-8,10-11H2,1H3,(H,18,21)(H,19,20). The summed E-state index contributed by atoms with van der Waals surface area (Å²) < 4.78 is 0. The summed E-state index contributed by atoms with van der Waals surface area (Å²) in [5.74, 6) is 0.206. The van der Waals surface area contributed by atoms with E-state index in [2.05, 4.69) is 17.6 Å². The number of amides is 2. The Hall–Kier alpha value is -1.84. The molecule has 0 heterocycles. The minimum Gasteiger partial charge on any atom is -0.355 e. The van der Waals surface area contributed by atoms with Crippen molar-refractivity contribution in [2.75, 3.05) is 11.9 Å². The van der Waals surface area contributed by atoms with Gasteiger partial charge in [-0.1, -0.05) is 31.9 Å². The fourth-order valence-corrected chi connectivity index (χ4v) is 2.72. The van der Waals surface area contributed by atoms with Gasteiger partial charge < -0.3 is 10.6 Å². The van der Waals surface area contributed by atoms with Crippen molar-refractivity contribution in [3.05, 3.63) is 29.8 Å². The highest BCUT2D eigenvalue weighted by Crippen LogP contribution is 2.24. The number of carbonyl (C=O) groups is 2. The Bertz CT molecular complexity index is 493. The minimum absolute atomic E-state index is 0.0602. The maximum Gasteiger partial charge on any atom is 0.226 e. The van der Waals surface area contributed by atoms with Crippen LogP contribution in [0.2, 0.25) is 0 Å². The average Bonchev–Trinajstić information content (AvgIpc) is 3.01. The van der Waals surface area contributed by atoms with Gasteiger partial charge in [0.05, 0.1) is 0 Å². The first-order chi connectivity index (χ1) is 10.2. The summed E-state index contributed by atoms with van der Waals surface area (Å²) in [5, 5.41) is 5.73. The van der Waals surface area contributed by atoms with Crippen LogP contribution in [0.4, 0.5) is 5.69 Å². The zero-order chi connectivity index (χ0) is 15.1. The molecule has 2 rings (SSSR count). The van der Waals surface area contributed by atoms with Gasteiger partial charge in [0.15, 0.2) is 0 Å². The first-order valence-corrected chi connectivity index (χ1v) is 7.85. The molecular weight excluding hydrogens is 264 g/mol. The van der Waals surface area contributed by atoms with E-state index in [4.69, 9.17) is 0 Å². The zero-order valence-electron chi connectivity index (χ0n) is 12.7. The molecule has 114 valence electrons. The Morgan fingerprint density at radius 1 is 1.24 bits per heavy atom. The average molecular weight is 288 g/mol. The van der Waals surface area contributed by atoms with Crippen molar-refractivity contribution in [3.63, 3.8) is 0 Å². The van der Waals surface area contributed by atoms with Crippen molar-refractivity contribution in [1.82, 2.24) is 5.32 Å². The molecule has 4 heteroatoms. The van der Waals surface area contributed by atoms with Gasteiger partial charge in [-0.05, 0) is 37.0 Å². The van der Waals surface area contributed by atoms with Crippen LogP contribution >= 0.6 is 0 Å². The van der Waals surface area contributed by atoms with Crippen LogP contribution in [0.5, 0.6) is 0 Å². The first-order valence-electron chi connectivity index (χ1n) is 7.85. The van der Waals surface area contributed by atoms with Gasteiger partial charge in [0.2, 0.25) is 11.8 Å². The molecule has 1 aromatic carbocycles. The van der Waals surface area contributed by atoms with Crippen LogP contribution in [-0.4, -0.2) is 18.4 Å². The van der Waals surface area contributed by atoms with E-state index in [-0.39, 0.29) is 17.7 Å². The van der Waals surface area contributed by atoms with Crippen molar-refractivity contribution in [3.8, 4) is 0 Å². The predicted molar refractivity (Wildman–Crippen MR) is 84.0 cm³/mol. The van der Waals surface area contributed by atoms with Crippen molar-refractivity contribution in [2.45, 2.75) is 45.4 Å². The maximum absolute atomic E-state index is 11.9. The molecule has 0 saturated heterocycles. The van der Waals surface area contributed by atoms with Gasteiger partial charge in [0, 0.05) is 24.6 Å². The number of anilines is 1. The molecule has 0 unspecified atom stereocenters. The summed E-state index contributed by atoms with van der Waals surface area (Å²) in [6.45, 7) is 2.49. The summed E-state index contributed by atoms with van der Waals surface area (Å²) in [5.41, 5.74) is 2.02. The quantitative estimate of drug-likeness (QED) is 0.845. The van der Waals surface area contributed by atoms with Gasteiger partial charge in [-0.3, -0.25) is 9.59 Å². The van der Waals surface area contributed by atoms with E-state index in [1.807, 2.05) is 24.3 Å². The van der Waals surface area contributed by atoms with Gasteiger partial charge in [-0.25, -0.2) is 0 Å². The Morgan fingerprint density at radius 2 is 2.00 bits per heavy atom. The molecule has 0 atom stereocenters. The molecule has 0 aromatic heterocycles. The molecule has 0 bridgehead atoms. The Kier molecular flexibility index (Phi) is 5.78. The Morgan fingerprint density at radius 3 is 2.71 bits per heavy atom. The SMILES string of the molecule is CCc1cccc(NC(=O)CCNC(=O)C2CCCC2)c1. The second-order valence-corrected chi connectivity index (χ2v) is 5.62. The molecular formula is C17H24N2O2. The number of aryl methyl sites for hydroxylation is 1. The lowest BCUT2D eigenvalue weighted by molar-refractivity contribution is -0.124. The largest absolute Gasteiger partial charge is 0.355 e. The van der Waals surface area contributed by atoms with E-state index in [0.717, 1.165) is 37.8 Å². The molecule has 2 N–H and O–H groups in total. The third kappa shape index (κ3) is 4.88. The number of benzene rings is 1. The van der Waals surface area contributed by atoms with Crippen LogP contribution in [0.15, 0.2) is 24.3 Å². The summed E-state index contributed by atoms with van der Waals surface area (Å²) in [4.78, 5) is 23.7. The lowest BCUT2D eigenvalue weighted by Crippen LogP contribution is -2.32. The van der Waals surface area contributed by atoms with E-state index >= 15 is 0 Å². The van der Waals surface area contributed by atoms with E-state index in [0.29, 0.717) is 13.0 Å². The van der Waals surface area contributed by atoms with Gasteiger partial charge in [0.1, 0.15) is 0 Å². The smallest absolute Gasteiger partial charge is 0.226 e. The Balaban J connectivity index is 1.70. The number of hydrogen-bond donors (Lipinski definition) is 2. The van der Waals surface area contributed by atoms with Crippen molar-refractivity contribution in [2.24, 2.45) is 5.92 Å². The molecule has 1 saturated carbocycles. The van der Waals surface area contributed by atoms with E-state index < -0.39 is 0 Å². The fraction of sp³-hybridized carbons (Fsp3) is 0.529. The van der Waals surface area contributed by atoms with Crippen molar-refractivity contribution in [1.29, 1.82) is 0 Å². The second kappa shape index (κ2) is 7.81. The molecule has 1 aliphatic rings. The van der Waals surface area contributed by atoms with Gasteiger partial charge >= 0.3 is 0 Å². The number of rotatable bonds is 6. The predicted octanol–water partition coefficient (Wildman–Crippen LogP) is 2.88.